The van der Waals surface area contributed by atoms with E-state index in [1.807, 2.05) is 25.1 Å². The third kappa shape index (κ3) is 2.84. The highest BCUT2D eigenvalue weighted by molar-refractivity contribution is 9.10. The summed E-state index contributed by atoms with van der Waals surface area (Å²) in [4.78, 5) is 26.1. The van der Waals surface area contributed by atoms with E-state index in [1.165, 1.54) is 4.90 Å². The van der Waals surface area contributed by atoms with E-state index in [1.54, 1.807) is 0 Å². The second kappa shape index (κ2) is 5.79. The van der Waals surface area contributed by atoms with Crippen LogP contribution in [0.1, 0.15) is 37.7 Å². The van der Waals surface area contributed by atoms with Crippen molar-refractivity contribution in [1.29, 1.82) is 0 Å². The number of carbonyl (C=O) groups is 2. The van der Waals surface area contributed by atoms with Crippen LogP contribution >= 0.6 is 15.9 Å². The lowest BCUT2D eigenvalue weighted by Gasteiger charge is -2.22. The van der Waals surface area contributed by atoms with Crippen LogP contribution in [0.4, 0.5) is 5.69 Å². The molecule has 1 N–H and O–H groups in total. The Hall–Kier alpha value is -1.36. The van der Waals surface area contributed by atoms with E-state index < -0.39 is 6.04 Å². The van der Waals surface area contributed by atoms with Crippen molar-refractivity contribution in [3.63, 3.8) is 0 Å². The molecule has 0 spiro atoms. The fraction of sp³-hybridized carbons (Fsp3) is 0.500. The molecule has 2 fully saturated rings. The Kier molecular flexibility index (Phi) is 4.02. The summed E-state index contributed by atoms with van der Waals surface area (Å²) in [5.41, 5.74) is 2.01. The number of halogens is 1. The number of hydrogen-bond acceptors (Lipinski definition) is 3. The molecule has 112 valence electrons. The summed E-state index contributed by atoms with van der Waals surface area (Å²) in [5, 5.41) is 3.20. The third-order valence-electron chi connectivity index (χ3n) is 4.39. The summed E-state index contributed by atoms with van der Waals surface area (Å²) >= 11 is 3.49. The number of likely N-dealkylation sites (tertiary alicyclic amines) is 1. The van der Waals surface area contributed by atoms with Crippen molar-refractivity contribution in [3.8, 4) is 0 Å². The maximum atomic E-state index is 12.5. The lowest BCUT2D eigenvalue weighted by Crippen LogP contribution is -2.40. The molecule has 2 aliphatic rings. The van der Waals surface area contributed by atoms with E-state index in [9.17, 15) is 9.59 Å². The third-order valence-corrected chi connectivity index (χ3v) is 5.24. The van der Waals surface area contributed by atoms with Crippen molar-refractivity contribution in [2.24, 2.45) is 0 Å². The first-order valence-corrected chi connectivity index (χ1v) is 8.24. The Morgan fingerprint density at radius 3 is 2.62 bits per heavy atom. The van der Waals surface area contributed by atoms with E-state index in [-0.39, 0.29) is 24.3 Å². The molecule has 5 heteroatoms. The number of hydrogen-bond donors (Lipinski definition) is 1. The monoisotopic (exact) mass is 350 g/mol. The van der Waals surface area contributed by atoms with Gasteiger partial charge in [0, 0.05) is 16.2 Å². The first kappa shape index (κ1) is 14.6. The Labute approximate surface area is 133 Å². The first-order valence-electron chi connectivity index (χ1n) is 7.45. The predicted molar refractivity (Wildman–Crippen MR) is 85.0 cm³/mol. The molecule has 1 atom stereocenters. The SMILES string of the molecule is Cc1ccc(NC2CC(=O)N(C3CCCC3)C2=O)cc1Br. The molecule has 1 saturated heterocycles. The van der Waals surface area contributed by atoms with Gasteiger partial charge in [-0.25, -0.2) is 0 Å². The molecule has 1 saturated carbocycles. The van der Waals surface area contributed by atoms with Crippen LogP contribution < -0.4 is 5.32 Å². The molecule has 1 aliphatic heterocycles. The normalized spacial score (nSPS) is 23.1. The Bertz CT molecular complexity index is 582. The fourth-order valence-electron chi connectivity index (χ4n) is 3.19. The number of nitrogens with zero attached hydrogens (tertiary/aromatic N) is 1. The van der Waals surface area contributed by atoms with Crippen LogP contribution in [0, 0.1) is 6.92 Å². The van der Waals surface area contributed by atoms with Gasteiger partial charge in [-0.1, -0.05) is 34.8 Å². The number of nitrogens with one attached hydrogen (secondary N) is 1. The minimum absolute atomic E-state index is 0.0319. The molecular formula is C16H19BrN2O2. The maximum absolute atomic E-state index is 12.5. The summed E-state index contributed by atoms with van der Waals surface area (Å²) in [6.07, 6.45) is 4.41. The second-order valence-electron chi connectivity index (χ2n) is 5.91. The second-order valence-corrected chi connectivity index (χ2v) is 6.76. The van der Waals surface area contributed by atoms with Gasteiger partial charge in [0.2, 0.25) is 5.91 Å². The lowest BCUT2D eigenvalue weighted by molar-refractivity contribution is -0.141. The molecule has 21 heavy (non-hydrogen) atoms. The van der Waals surface area contributed by atoms with Gasteiger partial charge in [-0.05, 0) is 37.5 Å². The minimum Gasteiger partial charge on any atom is -0.373 e. The van der Waals surface area contributed by atoms with Crippen LogP contribution in [0.25, 0.3) is 0 Å². The molecule has 1 unspecified atom stereocenters. The summed E-state index contributed by atoms with van der Waals surface area (Å²) in [5.74, 6) is -0.0980. The van der Waals surface area contributed by atoms with Crippen LogP contribution in [0.5, 0.6) is 0 Å². The Morgan fingerprint density at radius 2 is 1.95 bits per heavy atom. The van der Waals surface area contributed by atoms with Crippen molar-refractivity contribution in [2.45, 2.75) is 51.1 Å². The Balaban J connectivity index is 1.73. The zero-order chi connectivity index (χ0) is 15.0. The minimum atomic E-state index is -0.423. The molecule has 2 amide bonds. The molecule has 0 bridgehead atoms. The molecule has 0 aromatic heterocycles. The van der Waals surface area contributed by atoms with Crippen LogP contribution in [0.3, 0.4) is 0 Å². The number of imide groups is 1. The molecule has 1 aromatic carbocycles. The molecule has 4 nitrogen and oxygen atoms in total. The Morgan fingerprint density at radius 1 is 1.24 bits per heavy atom. The smallest absolute Gasteiger partial charge is 0.252 e. The largest absolute Gasteiger partial charge is 0.373 e. The van der Waals surface area contributed by atoms with Gasteiger partial charge >= 0.3 is 0 Å². The van der Waals surface area contributed by atoms with Gasteiger partial charge in [0.1, 0.15) is 6.04 Å². The zero-order valence-corrected chi connectivity index (χ0v) is 13.6. The number of benzene rings is 1. The van der Waals surface area contributed by atoms with Gasteiger partial charge < -0.3 is 5.32 Å². The van der Waals surface area contributed by atoms with Gasteiger partial charge in [-0.3, -0.25) is 14.5 Å². The lowest BCUT2D eigenvalue weighted by atomic mass is 10.2. The van der Waals surface area contributed by atoms with Crippen LogP contribution in [-0.4, -0.2) is 28.8 Å². The van der Waals surface area contributed by atoms with Crippen molar-refractivity contribution < 1.29 is 9.59 Å². The highest BCUT2D eigenvalue weighted by atomic mass is 79.9. The van der Waals surface area contributed by atoms with Crippen molar-refractivity contribution >= 4 is 33.4 Å². The van der Waals surface area contributed by atoms with Gasteiger partial charge in [-0.15, -0.1) is 0 Å². The first-order chi connectivity index (χ1) is 10.1. The fourth-order valence-corrected chi connectivity index (χ4v) is 3.57. The van der Waals surface area contributed by atoms with Crippen LogP contribution in [0.15, 0.2) is 22.7 Å². The summed E-state index contributed by atoms with van der Waals surface area (Å²) in [6, 6.07) is 5.58. The van der Waals surface area contributed by atoms with Gasteiger partial charge in [-0.2, -0.15) is 0 Å². The van der Waals surface area contributed by atoms with Crippen molar-refractivity contribution in [3.05, 3.63) is 28.2 Å². The molecule has 1 aliphatic carbocycles. The van der Waals surface area contributed by atoms with Crippen LogP contribution in [0.2, 0.25) is 0 Å². The van der Waals surface area contributed by atoms with Crippen molar-refractivity contribution in [2.75, 3.05) is 5.32 Å². The van der Waals surface area contributed by atoms with E-state index >= 15 is 0 Å². The molecular weight excluding hydrogens is 332 g/mol. The van der Waals surface area contributed by atoms with E-state index in [0.717, 1.165) is 41.4 Å². The van der Waals surface area contributed by atoms with Gasteiger partial charge in [0.05, 0.1) is 6.42 Å². The van der Waals surface area contributed by atoms with E-state index in [0.29, 0.717) is 0 Å². The number of amides is 2. The van der Waals surface area contributed by atoms with Gasteiger partial charge in [0.15, 0.2) is 0 Å². The molecule has 3 rings (SSSR count). The molecule has 1 aromatic rings. The molecule has 0 radical (unpaired) electrons. The standard InChI is InChI=1S/C16H19BrN2O2/c1-10-6-7-11(8-13(10)17)18-14-9-15(20)19(16(14)21)12-4-2-3-5-12/h6-8,12,14,18H,2-5,9H2,1H3. The summed E-state index contributed by atoms with van der Waals surface area (Å²) in [7, 11) is 0. The number of anilines is 1. The number of carbonyl (C=O) groups excluding carboxylic acids is 2. The zero-order valence-electron chi connectivity index (χ0n) is 12.1. The highest BCUT2D eigenvalue weighted by Gasteiger charge is 2.42. The topological polar surface area (TPSA) is 49.4 Å². The number of aryl methyl sites for hydroxylation is 1. The maximum Gasteiger partial charge on any atom is 0.252 e. The average Bonchev–Trinajstić information content (AvgIpc) is 3.04. The molecule has 1 heterocycles. The average molecular weight is 351 g/mol. The van der Waals surface area contributed by atoms with Crippen molar-refractivity contribution in [1.82, 2.24) is 4.90 Å². The number of rotatable bonds is 3. The quantitative estimate of drug-likeness (QED) is 0.851. The van der Waals surface area contributed by atoms with E-state index in [4.69, 9.17) is 0 Å². The van der Waals surface area contributed by atoms with E-state index in [2.05, 4.69) is 21.2 Å². The summed E-state index contributed by atoms with van der Waals surface area (Å²) < 4.78 is 0.997. The summed E-state index contributed by atoms with van der Waals surface area (Å²) in [6.45, 7) is 2.01. The predicted octanol–water partition coefficient (Wildman–Crippen LogP) is 3.24. The van der Waals surface area contributed by atoms with Gasteiger partial charge in [0.25, 0.3) is 5.91 Å². The highest BCUT2D eigenvalue weighted by Crippen LogP contribution is 2.30. The van der Waals surface area contributed by atoms with Crippen LogP contribution in [-0.2, 0) is 9.59 Å².